The van der Waals surface area contributed by atoms with Crippen LogP contribution >= 0.6 is 0 Å². The Labute approximate surface area is 327 Å². The maximum Gasteiger partial charge on any atom is 0.416 e. The van der Waals surface area contributed by atoms with Crippen molar-refractivity contribution in [1.82, 2.24) is 29.1 Å². The van der Waals surface area contributed by atoms with Crippen molar-refractivity contribution in [3.8, 4) is 45.3 Å². The van der Waals surface area contributed by atoms with E-state index in [0.29, 0.717) is 56.5 Å². The molecule has 0 radical (unpaired) electrons. The zero-order chi connectivity index (χ0) is 40.7. The van der Waals surface area contributed by atoms with Crippen LogP contribution in [0, 0.1) is 29.1 Å². The highest BCUT2D eigenvalue weighted by Crippen LogP contribution is 2.47. The molecule has 6 aromatic carbocycles. The molecule has 0 aliphatic rings. The Kier molecular flexibility index (Phi) is 8.09. The van der Waals surface area contributed by atoms with Crippen LogP contribution in [0.3, 0.4) is 0 Å². The predicted molar refractivity (Wildman–Crippen MR) is 207 cm³/mol. The van der Waals surface area contributed by atoms with Crippen LogP contribution in [0.4, 0.5) is 35.1 Å². The van der Waals surface area contributed by atoms with Gasteiger partial charge in [0.1, 0.15) is 0 Å². The zero-order valence-corrected chi connectivity index (χ0v) is 29.9. The van der Waals surface area contributed by atoms with Crippen LogP contribution in [0.25, 0.3) is 88.9 Å². The Morgan fingerprint density at radius 2 is 0.780 bits per heavy atom. The second-order valence-corrected chi connectivity index (χ2v) is 13.6. The van der Waals surface area contributed by atoms with Gasteiger partial charge in [0.05, 0.1) is 44.6 Å². The molecule has 0 saturated heterocycles. The molecule has 59 heavy (non-hydrogen) atoms. The van der Waals surface area contributed by atoms with E-state index in [9.17, 15) is 4.39 Å². The Morgan fingerprint density at radius 1 is 0.390 bits per heavy atom. The van der Waals surface area contributed by atoms with Crippen LogP contribution in [-0.4, -0.2) is 29.1 Å². The van der Waals surface area contributed by atoms with Gasteiger partial charge < -0.3 is 9.13 Å². The van der Waals surface area contributed by atoms with Crippen LogP contribution < -0.4 is 0 Å². The Bertz CT molecular complexity index is 3120. The van der Waals surface area contributed by atoms with E-state index in [4.69, 9.17) is 0 Å². The van der Waals surface area contributed by atoms with Crippen molar-refractivity contribution in [3.05, 3.63) is 169 Å². The van der Waals surface area contributed by atoms with Crippen LogP contribution in [0.5, 0.6) is 0 Å². The average Bonchev–Trinajstić information content (AvgIpc) is 3.77. The van der Waals surface area contributed by atoms with Gasteiger partial charge in [-0.25, -0.2) is 41.9 Å². The minimum Gasteiger partial charge on any atom is -0.309 e. The number of nitrogens with zero attached hydrogens (tertiary/aromatic N) is 6. The van der Waals surface area contributed by atoms with Crippen molar-refractivity contribution in [2.75, 3.05) is 0 Å². The van der Waals surface area contributed by atoms with E-state index in [0.717, 1.165) is 0 Å². The van der Waals surface area contributed by atoms with Gasteiger partial charge in [-0.2, -0.15) is 13.2 Å². The lowest BCUT2D eigenvalue weighted by molar-refractivity contribution is -0.137. The largest absolute Gasteiger partial charge is 0.416 e. The summed E-state index contributed by atoms with van der Waals surface area (Å²) >= 11 is 0. The summed E-state index contributed by atoms with van der Waals surface area (Å²) in [5.41, 5.74) is -2.20. The first-order chi connectivity index (χ1) is 28.5. The molecule has 6 nitrogen and oxygen atoms in total. The van der Waals surface area contributed by atoms with Gasteiger partial charge in [-0.1, -0.05) is 36.4 Å². The van der Waals surface area contributed by atoms with E-state index in [2.05, 4.69) is 19.9 Å². The molecule has 10 rings (SSSR count). The van der Waals surface area contributed by atoms with Crippen LogP contribution in [-0.2, 0) is 6.18 Å². The van der Waals surface area contributed by atoms with Crippen molar-refractivity contribution >= 4 is 43.6 Å². The summed E-state index contributed by atoms with van der Waals surface area (Å²) in [6, 6.07) is 27.7. The molecule has 14 heteroatoms. The molecule has 0 atom stereocenters. The highest BCUT2D eigenvalue weighted by atomic mass is 19.4. The van der Waals surface area contributed by atoms with Crippen molar-refractivity contribution in [3.63, 3.8) is 0 Å². The van der Waals surface area contributed by atoms with Crippen molar-refractivity contribution in [1.29, 1.82) is 0 Å². The zero-order valence-electron chi connectivity index (χ0n) is 29.9. The summed E-state index contributed by atoms with van der Waals surface area (Å²) in [5, 5.41) is 1.99. The fourth-order valence-corrected chi connectivity index (χ4v) is 7.85. The van der Waals surface area contributed by atoms with Crippen molar-refractivity contribution < 1.29 is 35.1 Å². The van der Waals surface area contributed by atoms with E-state index >= 15 is 30.7 Å². The lowest BCUT2D eigenvalue weighted by Crippen LogP contribution is -2.13. The van der Waals surface area contributed by atoms with Crippen molar-refractivity contribution in [2.45, 2.75) is 6.18 Å². The number of hydrogen-bond acceptors (Lipinski definition) is 4. The third-order valence-corrected chi connectivity index (χ3v) is 10.4. The topological polar surface area (TPSA) is 61.4 Å². The third-order valence-electron chi connectivity index (χ3n) is 10.4. The second-order valence-electron chi connectivity index (χ2n) is 13.6. The van der Waals surface area contributed by atoms with Gasteiger partial charge in [0.25, 0.3) is 0 Å². The normalized spacial score (nSPS) is 12.1. The van der Waals surface area contributed by atoms with Gasteiger partial charge in [0, 0.05) is 63.0 Å². The van der Waals surface area contributed by atoms with Gasteiger partial charge in [0.15, 0.2) is 34.9 Å². The summed E-state index contributed by atoms with van der Waals surface area (Å²) in [5.74, 6) is -10.7. The smallest absolute Gasteiger partial charge is 0.309 e. The van der Waals surface area contributed by atoms with Gasteiger partial charge in [-0.05, 0) is 72.8 Å². The van der Waals surface area contributed by atoms with E-state index in [1.165, 1.54) is 9.13 Å². The average molecular weight is 799 g/mol. The minimum atomic E-state index is -5.06. The fraction of sp³-hybridized carbons (Fsp3) is 0.0222. The minimum absolute atomic E-state index is 0.260. The number of benzene rings is 6. The molecule has 0 amide bonds. The Morgan fingerprint density at radius 3 is 1.20 bits per heavy atom. The second kappa shape index (κ2) is 13.3. The number of rotatable bonds is 5. The van der Waals surface area contributed by atoms with Gasteiger partial charge >= 0.3 is 6.18 Å². The fourth-order valence-electron chi connectivity index (χ4n) is 7.85. The van der Waals surface area contributed by atoms with Crippen LogP contribution in [0.2, 0.25) is 0 Å². The number of para-hydroxylation sites is 2. The highest BCUT2D eigenvalue weighted by molar-refractivity contribution is 6.13. The summed E-state index contributed by atoms with van der Waals surface area (Å²) in [4.78, 5) is 17.2. The molecule has 0 N–H and O–H groups in total. The molecular weight excluding hydrogens is 777 g/mol. The standard InChI is InChI=1S/C45H22F8N6/c46-38-37(39(47)41(49)42(50)40(38)48)36-34(58-30-9-3-1-7-26(30)28-19-23(11-13-32(28)58)43-54-15-5-16-55-43)21-25(45(51,52)53)22-35(36)59-31-10-4-2-8-27(31)29-20-24(12-14-33(29)59)44-56-17-6-18-57-44/h1-22H. The summed E-state index contributed by atoms with van der Waals surface area (Å²) in [7, 11) is 0. The molecule has 288 valence electrons. The molecule has 0 unspecified atom stereocenters. The quantitative estimate of drug-likeness (QED) is 0.0988. The summed E-state index contributed by atoms with van der Waals surface area (Å²) in [6.07, 6.45) is 1.11. The van der Waals surface area contributed by atoms with Gasteiger partial charge in [0.2, 0.25) is 5.82 Å². The predicted octanol–water partition coefficient (Wildman–Crippen LogP) is 12.2. The monoisotopic (exact) mass is 798 g/mol. The Hall–Kier alpha value is -7.48. The molecular formula is C45H22F8N6. The maximum absolute atomic E-state index is 16.4. The van der Waals surface area contributed by atoms with E-state index in [1.807, 2.05) is 0 Å². The Balaban J connectivity index is 1.40. The molecule has 0 aliphatic heterocycles. The molecule has 0 saturated carbocycles. The van der Waals surface area contributed by atoms with E-state index in [-0.39, 0.29) is 22.1 Å². The van der Waals surface area contributed by atoms with Gasteiger partial charge in [-0.3, -0.25) is 0 Å². The van der Waals surface area contributed by atoms with E-state index < -0.39 is 63.3 Å². The first kappa shape index (κ1) is 35.9. The van der Waals surface area contributed by atoms with Gasteiger partial charge in [-0.15, -0.1) is 0 Å². The van der Waals surface area contributed by atoms with Crippen LogP contribution in [0.15, 0.2) is 134 Å². The number of fused-ring (bicyclic) bond motifs is 6. The number of alkyl halides is 3. The lowest BCUT2D eigenvalue weighted by atomic mass is 9.96. The number of hydrogen-bond donors (Lipinski definition) is 0. The summed E-state index contributed by atoms with van der Waals surface area (Å²) < 4.78 is 127. The lowest BCUT2D eigenvalue weighted by Gasteiger charge is -2.23. The molecule has 0 spiro atoms. The molecule has 4 heterocycles. The van der Waals surface area contributed by atoms with Crippen molar-refractivity contribution in [2.24, 2.45) is 0 Å². The highest BCUT2D eigenvalue weighted by Gasteiger charge is 2.37. The summed E-state index contributed by atoms with van der Waals surface area (Å²) in [6.45, 7) is 0. The van der Waals surface area contributed by atoms with E-state index in [1.54, 1.807) is 122 Å². The first-order valence-electron chi connectivity index (χ1n) is 17.9. The van der Waals surface area contributed by atoms with Crippen LogP contribution in [0.1, 0.15) is 5.56 Å². The number of aromatic nitrogens is 6. The molecule has 0 fully saturated rings. The molecule has 0 bridgehead atoms. The first-order valence-corrected chi connectivity index (χ1v) is 17.9. The molecule has 0 aliphatic carbocycles. The maximum atomic E-state index is 16.4. The number of halogens is 8. The SMILES string of the molecule is Fc1c(F)c(F)c(-c2c(-n3c4ccccc4c4cc(-c5ncccn5)ccc43)cc(C(F)(F)F)cc2-n2c3ccccc3c3cc(-c4ncccn4)ccc32)c(F)c1F. The third kappa shape index (κ3) is 5.54. The molecule has 4 aromatic heterocycles. The molecule has 10 aromatic rings.